The number of nitrogens with one attached hydrogen (secondary N) is 1. The van der Waals surface area contributed by atoms with E-state index in [-0.39, 0.29) is 28.1 Å². The van der Waals surface area contributed by atoms with Gasteiger partial charge in [-0.3, -0.25) is 25.0 Å². The molecule has 4 aromatic rings. The summed E-state index contributed by atoms with van der Waals surface area (Å²) in [5.74, 6) is -0.0318. The normalized spacial score (nSPS) is 14.8. The van der Waals surface area contributed by atoms with Crippen molar-refractivity contribution in [2.45, 2.75) is 12.6 Å². The Hall–Kier alpha value is -4.13. The van der Waals surface area contributed by atoms with Crippen LogP contribution >= 0.6 is 12.2 Å². The van der Waals surface area contributed by atoms with Gasteiger partial charge in [0.1, 0.15) is 11.6 Å². The van der Waals surface area contributed by atoms with E-state index in [1.807, 2.05) is 0 Å². The number of nitro groups is 1. The molecule has 1 aromatic heterocycles. The summed E-state index contributed by atoms with van der Waals surface area (Å²) in [6.45, 7) is 3.32. The van der Waals surface area contributed by atoms with Crippen LogP contribution in [0.2, 0.25) is 0 Å². The minimum atomic E-state index is -0.457. The summed E-state index contributed by atoms with van der Waals surface area (Å²) in [4.78, 5) is 15.4. The molecule has 2 heterocycles. The van der Waals surface area contributed by atoms with Crippen LogP contribution in [0.3, 0.4) is 0 Å². The van der Waals surface area contributed by atoms with Crippen molar-refractivity contribution in [3.63, 3.8) is 0 Å². The number of aromatic nitrogens is 3. The quantitative estimate of drug-likeness (QED) is 0.145. The molecule has 1 fully saturated rings. The van der Waals surface area contributed by atoms with Crippen molar-refractivity contribution in [1.82, 2.24) is 24.7 Å². The molecular formula is C27H25F2N7O2S. The molecule has 1 aliphatic rings. The second kappa shape index (κ2) is 11.7. The van der Waals surface area contributed by atoms with E-state index < -0.39 is 4.92 Å². The Labute approximate surface area is 228 Å². The highest BCUT2D eigenvalue weighted by Gasteiger charge is 2.27. The first kappa shape index (κ1) is 26.5. The van der Waals surface area contributed by atoms with E-state index >= 15 is 0 Å². The first-order valence-electron chi connectivity index (χ1n) is 12.3. The zero-order chi connectivity index (χ0) is 27.4. The fourth-order valence-electron chi connectivity index (χ4n) is 4.71. The van der Waals surface area contributed by atoms with Gasteiger partial charge in [0.05, 0.1) is 29.3 Å². The standard InChI is InChI=1S/C27H25F2N7O2S/c28-22-9-5-19(6-10-22)26(20-7-11-23(29)12-8-20)34-15-13-33(14-16-34)18-25-31-32-27(39)35(25)30-17-21-3-1-2-4-24(21)36(37)38/h1-12,17,26H,13-16,18H2,(H,32,39)/b30-17+. The average molecular weight is 550 g/mol. The number of H-pyrrole nitrogens is 1. The number of aromatic amines is 1. The van der Waals surface area contributed by atoms with Crippen LogP contribution in [0.4, 0.5) is 14.5 Å². The summed E-state index contributed by atoms with van der Waals surface area (Å²) in [7, 11) is 0. The summed E-state index contributed by atoms with van der Waals surface area (Å²) < 4.78 is 29.0. The monoisotopic (exact) mass is 549 g/mol. The zero-order valence-corrected chi connectivity index (χ0v) is 21.6. The number of nitrogens with zero attached hydrogens (tertiary/aromatic N) is 6. The van der Waals surface area contributed by atoms with Gasteiger partial charge in [0.15, 0.2) is 5.82 Å². The molecule has 0 unspecified atom stereocenters. The van der Waals surface area contributed by atoms with Gasteiger partial charge < -0.3 is 0 Å². The van der Waals surface area contributed by atoms with Crippen molar-refractivity contribution in [3.05, 3.63) is 122 Å². The molecule has 0 saturated carbocycles. The second-order valence-corrected chi connectivity index (χ2v) is 9.52. The molecule has 9 nitrogen and oxygen atoms in total. The number of para-hydroxylation sites is 1. The number of nitro benzene ring substituents is 1. The number of piperazine rings is 1. The van der Waals surface area contributed by atoms with Crippen LogP contribution in [0.25, 0.3) is 0 Å². The topological polar surface area (TPSA) is 95.6 Å². The van der Waals surface area contributed by atoms with Gasteiger partial charge >= 0.3 is 0 Å². The molecule has 0 atom stereocenters. The lowest BCUT2D eigenvalue weighted by Gasteiger charge is -2.39. The summed E-state index contributed by atoms with van der Waals surface area (Å²) in [6.07, 6.45) is 1.40. The lowest BCUT2D eigenvalue weighted by molar-refractivity contribution is -0.385. The Morgan fingerprint density at radius 2 is 1.56 bits per heavy atom. The molecule has 1 N–H and O–H groups in total. The molecule has 200 valence electrons. The molecule has 1 saturated heterocycles. The molecule has 5 rings (SSSR count). The van der Waals surface area contributed by atoms with Crippen molar-refractivity contribution in [1.29, 1.82) is 0 Å². The second-order valence-electron chi connectivity index (χ2n) is 9.14. The molecule has 0 amide bonds. The Morgan fingerprint density at radius 1 is 0.974 bits per heavy atom. The third-order valence-corrected chi connectivity index (χ3v) is 6.94. The van der Waals surface area contributed by atoms with Gasteiger partial charge in [-0.05, 0) is 53.7 Å². The van der Waals surface area contributed by atoms with Crippen molar-refractivity contribution in [2.24, 2.45) is 5.10 Å². The minimum absolute atomic E-state index is 0.0502. The van der Waals surface area contributed by atoms with Gasteiger partial charge in [-0.25, -0.2) is 8.78 Å². The van der Waals surface area contributed by atoms with Crippen LogP contribution in [0.15, 0.2) is 77.9 Å². The smallest absolute Gasteiger partial charge is 0.278 e. The summed E-state index contributed by atoms with van der Waals surface area (Å²) in [6, 6.07) is 19.0. The van der Waals surface area contributed by atoms with Gasteiger partial charge in [-0.2, -0.15) is 14.9 Å². The van der Waals surface area contributed by atoms with E-state index in [0.29, 0.717) is 44.1 Å². The van der Waals surface area contributed by atoms with E-state index in [0.717, 1.165) is 11.1 Å². The van der Waals surface area contributed by atoms with Crippen LogP contribution in [-0.2, 0) is 6.54 Å². The maximum absolute atomic E-state index is 13.6. The summed E-state index contributed by atoms with van der Waals surface area (Å²) in [5.41, 5.74) is 2.17. The van der Waals surface area contributed by atoms with Gasteiger partial charge in [-0.1, -0.05) is 36.4 Å². The molecule has 1 aliphatic heterocycles. The highest BCUT2D eigenvalue weighted by atomic mass is 32.1. The largest absolute Gasteiger partial charge is 0.293 e. The third-order valence-electron chi connectivity index (χ3n) is 6.67. The highest BCUT2D eigenvalue weighted by Crippen LogP contribution is 2.30. The van der Waals surface area contributed by atoms with Crippen LogP contribution in [0, 0.1) is 26.5 Å². The maximum atomic E-state index is 13.6. The van der Waals surface area contributed by atoms with Crippen LogP contribution in [0.1, 0.15) is 28.6 Å². The number of rotatable bonds is 8. The summed E-state index contributed by atoms with van der Waals surface area (Å²) >= 11 is 5.34. The van der Waals surface area contributed by atoms with E-state index in [1.165, 1.54) is 41.2 Å². The van der Waals surface area contributed by atoms with Gasteiger partial charge in [0.2, 0.25) is 4.77 Å². The van der Waals surface area contributed by atoms with Crippen molar-refractivity contribution in [2.75, 3.05) is 26.2 Å². The lowest BCUT2D eigenvalue weighted by Crippen LogP contribution is -2.47. The lowest BCUT2D eigenvalue weighted by atomic mass is 9.96. The summed E-state index contributed by atoms with van der Waals surface area (Å²) in [5, 5.41) is 22.8. The van der Waals surface area contributed by atoms with Crippen LogP contribution < -0.4 is 0 Å². The number of halogens is 2. The predicted molar refractivity (Wildman–Crippen MR) is 145 cm³/mol. The molecular weight excluding hydrogens is 524 g/mol. The SMILES string of the molecule is O=[N+]([O-])c1ccccc1/C=N/n1c(CN2CCN(C(c3ccc(F)cc3)c3ccc(F)cc3)CC2)n[nH]c1=S. The van der Waals surface area contributed by atoms with Crippen molar-refractivity contribution >= 4 is 24.1 Å². The van der Waals surface area contributed by atoms with Crippen molar-refractivity contribution < 1.29 is 13.7 Å². The number of benzene rings is 3. The van der Waals surface area contributed by atoms with Crippen LogP contribution in [-0.4, -0.2) is 62.0 Å². The Morgan fingerprint density at radius 3 is 2.15 bits per heavy atom. The fraction of sp³-hybridized carbons (Fsp3) is 0.222. The number of hydrogen-bond acceptors (Lipinski definition) is 7. The molecule has 0 radical (unpaired) electrons. The minimum Gasteiger partial charge on any atom is -0.293 e. The van der Waals surface area contributed by atoms with Crippen LogP contribution in [0.5, 0.6) is 0 Å². The first-order chi connectivity index (χ1) is 18.9. The average Bonchev–Trinajstić information content (AvgIpc) is 3.29. The Bertz CT molecular complexity index is 1480. The zero-order valence-electron chi connectivity index (χ0n) is 20.8. The molecule has 12 heteroatoms. The molecule has 0 bridgehead atoms. The maximum Gasteiger partial charge on any atom is 0.278 e. The molecule has 0 spiro atoms. The Kier molecular flexibility index (Phi) is 7.96. The Balaban J connectivity index is 1.30. The van der Waals surface area contributed by atoms with E-state index in [2.05, 4.69) is 25.1 Å². The molecule has 0 aliphatic carbocycles. The first-order valence-corrected chi connectivity index (χ1v) is 12.7. The van der Waals surface area contributed by atoms with E-state index in [1.54, 1.807) is 42.5 Å². The van der Waals surface area contributed by atoms with Gasteiger partial charge in [-0.15, -0.1) is 0 Å². The van der Waals surface area contributed by atoms with E-state index in [9.17, 15) is 18.9 Å². The fourth-order valence-corrected chi connectivity index (χ4v) is 4.91. The highest BCUT2D eigenvalue weighted by molar-refractivity contribution is 7.71. The van der Waals surface area contributed by atoms with Gasteiger partial charge in [0, 0.05) is 32.2 Å². The predicted octanol–water partition coefficient (Wildman–Crippen LogP) is 4.92. The van der Waals surface area contributed by atoms with Crippen molar-refractivity contribution in [3.8, 4) is 0 Å². The van der Waals surface area contributed by atoms with E-state index in [4.69, 9.17) is 12.2 Å². The van der Waals surface area contributed by atoms with Gasteiger partial charge in [0.25, 0.3) is 5.69 Å². The third kappa shape index (κ3) is 6.14. The molecule has 39 heavy (non-hydrogen) atoms. The number of hydrogen-bond donors (Lipinski definition) is 1. The molecule has 3 aromatic carbocycles.